The first-order valence-electron chi connectivity index (χ1n) is 6.34. The zero-order chi connectivity index (χ0) is 14.8. The van der Waals surface area contributed by atoms with E-state index in [1.54, 1.807) is 19.1 Å². The molecule has 0 saturated carbocycles. The van der Waals surface area contributed by atoms with Crippen molar-refractivity contribution in [3.63, 3.8) is 0 Å². The lowest BCUT2D eigenvalue weighted by atomic mass is 10.1. The molecule has 0 aliphatic carbocycles. The first kappa shape index (κ1) is 18.9. The molecule has 4 N–H and O–H groups in total. The highest BCUT2D eigenvalue weighted by Gasteiger charge is 2.18. The van der Waals surface area contributed by atoms with E-state index in [0.29, 0.717) is 17.4 Å². The number of aromatic nitrogens is 3. The summed E-state index contributed by atoms with van der Waals surface area (Å²) in [6.45, 7) is 13.4. The Hall–Kier alpha value is -1.49. The van der Waals surface area contributed by atoms with Gasteiger partial charge >= 0.3 is 0 Å². The van der Waals surface area contributed by atoms with Crippen molar-refractivity contribution in [3.05, 3.63) is 17.7 Å². The van der Waals surface area contributed by atoms with Gasteiger partial charge in [0.15, 0.2) is 5.82 Å². The fourth-order valence-corrected chi connectivity index (χ4v) is 0.837. The fourth-order valence-electron chi connectivity index (χ4n) is 0.837. The second kappa shape index (κ2) is 9.53. The molecule has 1 aromatic heterocycles. The molecule has 1 rings (SSSR count). The first-order chi connectivity index (χ1) is 8.39. The van der Waals surface area contributed by atoms with Crippen LogP contribution in [0.1, 0.15) is 60.1 Å². The van der Waals surface area contributed by atoms with E-state index in [-0.39, 0.29) is 0 Å². The Bertz CT molecular complexity index is 358. The van der Waals surface area contributed by atoms with Gasteiger partial charge in [-0.05, 0) is 32.9 Å². The normalized spacial score (nSPS) is 10.2. The van der Waals surface area contributed by atoms with E-state index in [9.17, 15) is 0 Å². The van der Waals surface area contributed by atoms with Gasteiger partial charge in [0, 0.05) is 5.71 Å². The van der Waals surface area contributed by atoms with Crippen LogP contribution in [0, 0.1) is 5.41 Å². The minimum atomic E-state index is -0.515. The quantitative estimate of drug-likeness (QED) is 0.723. The van der Waals surface area contributed by atoms with Crippen molar-refractivity contribution in [2.24, 2.45) is 5.73 Å². The van der Waals surface area contributed by atoms with Gasteiger partial charge < -0.3 is 11.1 Å². The van der Waals surface area contributed by atoms with E-state index in [4.69, 9.17) is 11.1 Å². The highest BCUT2D eigenvalue weighted by molar-refractivity contribution is 5.93. The minimum absolute atomic E-state index is 0.461. The van der Waals surface area contributed by atoms with Gasteiger partial charge in [0.1, 0.15) is 5.82 Å². The van der Waals surface area contributed by atoms with E-state index in [0.717, 1.165) is 0 Å². The van der Waals surface area contributed by atoms with Crippen molar-refractivity contribution >= 4 is 11.8 Å². The second-order valence-electron chi connectivity index (χ2n) is 3.78. The number of hydrogen-bond donors (Lipinski definition) is 3. The molecule has 0 radical (unpaired) electrons. The molecule has 0 fully saturated rings. The predicted octanol–water partition coefficient (Wildman–Crippen LogP) is 3.10. The van der Waals surface area contributed by atoms with E-state index in [2.05, 4.69) is 15.2 Å². The van der Waals surface area contributed by atoms with Crippen molar-refractivity contribution in [3.8, 4) is 0 Å². The number of H-pyrrole nitrogens is 1. The molecular formula is C13H27N5. The molecule has 0 amide bonds. The monoisotopic (exact) mass is 253 g/mol. The van der Waals surface area contributed by atoms with Gasteiger partial charge in [0.05, 0.1) is 5.54 Å². The molecular weight excluding hydrogens is 226 g/mol. The molecule has 5 nitrogen and oxygen atoms in total. The van der Waals surface area contributed by atoms with Crippen molar-refractivity contribution in [1.29, 1.82) is 5.41 Å². The molecule has 0 unspecified atom stereocenters. The summed E-state index contributed by atoms with van der Waals surface area (Å²) in [6.07, 6.45) is 3.31. The third kappa shape index (κ3) is 7.73. The molecule has 0 atom stereocenters. The molecule has 104 valence electrons. The van der Waals surface area contributed by atoms with Crippen LogP contribution >= 0.6 is 0 Å². The maximum absolute atomic E-state index is 7.20. The number of nitrogens with one attached hydrogen (secondary N) is 2. The smallest absolute Gasteiger partial charge is 0.174 e. The summed E-state index contributed by atoms with van der Waals surface area (Å²) in [5.74, 6) is 1.19. The summed E-state index contributed by atoms with van der Waals surface area (Å²) < 4.78 is 0. The lowest BCUT2D eigenvalue weighted by Crippen LogP contribution is -2.30. The minimum Gasteiger partial charge on any atom is -0.319 e. The zero-order valence-corrected chi connectivity index (χ0v) is 12.6. The Kier molecular flexibility index (Phi) is 9.99. The summed E-state index contributed by atoms with van der Waals surface area (Å²) in [5.41, 5.74) is 5.77. The molecule has 0 spiro atoms. The maximum Gasteiger partial charge on any atom is 0.174 e. The van der Waals surface area contributed by atoms with E-state index in [1.807, 2.05) is 41.5 Å². The van der Waals surface area contributed by atoms with E-state index in [1.165, 1.54) is 0 Å². The van der Waals surface area contributed by atoms with Gasteiger partial charge in [-0.2, -0.15) is 5.10 Å². The molecule has 5 heteroatoms. The Labute approximate surface area is 110 Å². The summed E-state index contributed by atoms with van der Waals surface area (Å²) in [7, 11) is 0. The number of nitrogens with two attached hydrogens (primary N) is 1. The van der Waals surface area contributed by atoms with Crippen LogP contribution in [-0.4, -0.2) is 20.9 Å². The molecule has 1 heterocycles. The van der Waals surface area contributed by atoms with Crippen LogP contribution in [0.4, 0.5) is 0 Å². The molecule has 0 aliphatic rings. The average Bonchev–Trinajstić information content (AvgIpc) is 2.80. The summed E-state index contributed by atoms with van der Waals surface area (Å²) in [6, 6.07) is 0. The SMILES string of the molecule is CC.CC.CC(=N)/C=C\c1n[nH]c(C(C)(C)N)n1. The predicted molar refractivity (Wildman–Crippen MR) is 78.7 cm³/mol. The summed E-state index contributed by atoms with van der Waals surface area (Å²) in [4.78, 5) is 4.18. The van der Waals surface area contributed by atoms with Gasteiger partial charge in [-0.3, -0.25) is 5.10 Å². The molecule has 0 aromatic carbocycles. The molecule has 0 bridgehead atoms. The van der Waals surface area contributed by atoms with Crippen LogP contribution in [0.5, 0.6) is 0 Å². The molecule has 18 heavy (non-hydrogen) atoms. The van der Waals surface area contributed by atoms with Crippen LogP contribution in [0.2, 0.25) is 0 Å². The largest absolute Gasteiger partial charge is 0.319 e. The van der Waals surface area contributed by atoms with Gasteiger partial charge in [-0.25, -0.2) is 4.98 Å². The lowest BCUT2D eigenvalue weighted by Gasteiger charge is -2.13. The number of hydrogen-bond acceptors (Lipinski definition) is 4. The average molecular weight is 253 g/mol. The maximum atomic E-state index is 7.20. The second-order valence-corrected chi connectivity index (χ2v) is 3.78. The lowest BCUT2D eigenvalue weighted by molar-refractivity contribution is 0.516. The van der Waals surface area contributed by atoms with Crippen molar-refractivity contribution in [2.75, 3.05) is 0 Å². The highest BCUT2D eigenvalue weighted by atomic mass is 15.2. The van der Waals surface area contributed by atoms with Crippen molar-refractivity contribution < 1.29 is 0 Å². The standard InChI is InChI=1S/C9H15N5.2C2H6/c1-6(10)4-5-7-12-8(14-13-7)9(2,3)11;2*1-2/h4-5,10H,11H2,1-3H3,(H,12,13,14);2*1-2H3/b5-4-,10-6?;;. The van der Waals surface area contributed by atoms with Gasteiger partial charge in [-0.1, -0.05) is 27.7 Å². The fraction of sp³-hybridized carbons (Fsp3) is 0.615. The Morgan fingerprint density at radius 2 is 1.78 bits per heavy atom. The molecule has 0 aliphatic heterocycles. The first-order valence-corrected chi connectivity index (χ1v) is 6.34. The van der Waals surface area contributed by atoms with Crippen LogP contribution in [-0.2, 0) is 5.54 Å². The molecule has 0 saturated heterocycles. The van der Waals surface area contributed by atoms with Gasteiger partial charge in [0.25, 0.3) is 0 Å². The van der Waals surface area contributed by atoms with Gasteiger partial charge in [0.2, 0.25) is 0 Å². The number of rotatable bonds is 3. The van der Waals surface area contributed by atoms with E-state index < -0.39 is 5.54 Å². The third-order valence-electron chi connectivity index (χ3n) is 1.60. The Morgan fingerprint density at radius 1 is 1.28 bits per heavy atom. The highest BCUT2D eigenvalue weighted by Crippen LogP contribution is 2.11. The van der Waals surface area contributed by atoms with E-state index >= 15 is 0 Å². The zero-order valence-electron chi connectivity index (χ0n) is 12.6. The van der Waals surface area contributed by atoms with Crippen LogP contribution in [0.3, 0.4) is 0 Å². The topological polar surface area (TPSA) is 91.4 Å². The number of allylic oxidation sites excluding steroid dienone is 1. The van der Waals surface area contributed by atoms with Crippen molar-refractivity contribution in [2.45, 2.75) is 54.0 Å². The Morgan fingerprint density at radius 3 is 2.11 bits per heavy atom. The summed E-state index contributed by atoms with van der Waals surface area (Å²) >= 11 is 0. The van der Waals surface area contributed by atoms with Gasteiger partial charge in [-0.15, -0.1) is 0 Å². The van der Waals surface area contributed by atoms with Crippen LogP contribution in [0.25, 0.3) is 6.08 Å². The van der Waals surface area contributed by atoms with Crippen LogP contribution < -0.4 is 5.73 Å². The summed E-state index contributed by atoms with van der Waals surface area (Å²) in [5, 5.41) is 13.9. The Balaban J connectivity index is 0. The van der Waals surface area contributed by atoms with Crippen molar-refractivity contribution in [1.82, 2.24) is 15.2 Å². The van der Waals surface area contributed by atoms with Crippen LogP contribution in [0.15, 0.2) is 6.08 Å². The number of nitrogens with zero attached hydrogens (tertiary/aromatic N) is 2. The molecule has 1 aromatic rings. The third-order valence-corrected chi connectivity index (χ3v) is 1.60. The number of aromatic amines is 1.